The smallest absolute Gasteiger partial charge is 0.276 e. The van der Waals surface area contributed by atoms with Gasteiger partial charge in [0.25, 0.3) is 5.91 Å². The molecule has 2 aromatic rings. The molecule has 3 rings (SSSR count). The number of aromatic nitrogens is 2. The molecular weight excluding hydrogens is 388 g/mol. The van der Waals surface area contributed by atoms with Gasteiger partial charge in [0, 0.05) is 52.3 Å². The molecule has 0 saturated carbocycles. The van der Waals surface area contributed by atoms with E-state index in [9.17, 15) is 9.59 Å². The second-order valence-electron chi connectivity index (χ2n) is 7.36. The number of likely N-dealkylation sites (tertiary alicyclic amines) is 1. The summed E-state index contributed by atoms with van der Waals surface area (Å²) in [5.41, 5.74) is 1.87. The van der Waals surface area contributed by atoms with Gasteiger partial charge in [-0.3, -0.25) is 14.6 Å². The molecule has 0 radical (unpaired) electrons. The van der Waals surface area contributed by atoms with Gasteiger partial charge in [-0.1, -0.05) is 11.2 Å². The predicted octanol–water partition coefficient (Wildman–Crippen LogP) is 1.80. The lowest BCUT2D eigenvalue weighted by atomic mass is 10.0. The number of methoxy groups -OCH3 is 2. The van der Waals surface area contributed by atoms with E-state index in [4.69, 9.17) is 14.0 Å². The Hall–Kier alpha value is -2.78. The summed E-state index contributed by atoms with van der Waals surface area (Å²) in [5, 5.41) is 3.96. The van der Waals surface area contributed by atoms with Crippen LogP contribution in [0.1, 0.15) is 40.2 Å². The van der Waals surface area contributed by atoms with Crippen LogP contribution in [0, 0.1) is 6.92 Å². The standard InChI is InChI=1S/C21H28N4O5/c1-15-18(13-28-2)20(23-30-15)21(27)24-9-5-7-17(12-24)25(19(26)14-29-3)11-16-6-4-8-22-10-16/h4,6,8,10,17H,5,7,9,11-14H2,1-3H3. The second kappa shape index (κ2) is 10.3. The van der Waals surface area contributed by atoms with Gasteiger partial charge in [-0.15, -0.1) is 0 Å². The van der Waals surface area contributed by atoms with Gasteiger partial charge in [0.05, 0.1) is 12.2 Å². The molecule has 1 aliphatic rings. The van der Waals surface area contributed by atoms with Crippen molar-refractivity contribution >= 4 is 11.8 Å². The Bertz CT molecular complexity index is 854. The largest absolute Gasteiger partial charge is 0.380 e. The van der Waals surface area contributed by atoms with Crippen LogP contribution < -0.4 is 0 Å². The number of nitrogens with zero attached hydrogens (tertiary/aromatic N) is 4. The van der Waals surface area contributed by atoms with Gasteiger partial charge in [0.1, 0.15) is 12.4 Å². The van der Waals surface area contributed by atoms with Crippen molar-refractivity contribution in [3.8, 4) is 0 Å². The fourth-order valence-corrected chi connectivity index (χ4v) is 3.73. The van der Waals surface area contributed by atoms with Crippen LogP contribution >= 0.6 is 0 Å². The third-order valence-corrected chi connectivity index (χ3v) is 5.26. The summed E-state index contributed by atoms with van der Waals surface area (Å²) in [6.45, 7) is 3.45. The lowest BCUT2D eigenvalue weighted by molar-refractivity contribution is -0.139. The number of hydrogen-bond donors (Lipinski definition) is 0. The van der Waals surface area contributed by atoms with Gasteiger partial charge in [-0.05, 0) is 31.4 Å². The Labute approximate surface area is 175 Å². The molecule has 0 bridgehead atoms. The summed E-state index contributed by atoms with van der Waals surface area (Å²) < 4.78 is 15.5. The summed E-state index contributed by atoms with van der Waals surface area (Å²) >= 11 is 0. The van der Waals surface area contributed by atoms with E-state index < -0.39 is 0 Å². The fourth-order valence-electron chi connectivity index (χ4n) is 3.73. The predicted molar refractivity (Wildman–Crippen MR) is 108 cm³/mol. The first-order valence-electron chi connectivity index (χ1n) is 9.95. The minimum absolute atomic E-state index is 0.00875. The highest BCUT2D eigenvalue weighted by molar-refractivity contribution is 5.94. The summed E-state index contributed by atoms with van der Waals surface area (Å²) in [4.78, 5) is 33.6. The third-order valence-electron chi connectivity index (χ3n) is 5.26. The average molecular weight is 416 g/mol. The first-order valence-corrected chi connectivity index (χ1v) is 9.95. The minimum Gasteiger partial charge on any atom is -0.380 e. The number of amides is 2. The molecule has 1 aliphatic heterocycles. The zero-order valence-corrected chi connectivity index (χ0v) is 17.7. The van der Waals surface area contributed by atoms with Crippen molar-refractivity contribution in [2.75, 3.05) is 33.9 Å². The lowest BCUT2D eigenvalue weighted by Gasteiger charge is -2.39. The Morgan fingerprint density at radius 3 is 2.87 bits per heavy atom. The van der Waals surface area contributed by atoms with Crippen LogP contribution in [-0.4, -0.2) is 71.7 Å². The number of carbonyl (C=O) groups is 2. The second-order valence-corrected chi connectivity index (χ2v) is 7.36. The Morgan fingerprint density at radius 1 is 1.33 bits per heavy atom. The highest BCUT2D eigenvalue weighted by atomic mass is 16.5. The van der Waals surface area contributed by atoms with Gasteiger partial charge in [0.15, 0.2) is 5.69 Å². The number of hydrogen-bond acceptors (Lipinski definition) is 7. The number of carbonyl (C=O) groups excluding carboxylic acids is 2. The number of aryl methyl sites for hydroxylation is 1. The van der Waals surface area contributed by atoms with Gasteiger partial charge in [-0.25, -0.2) is 0 Å². The molecule has 0 aliphatic carbocycles. The van der Waals surface area contributed by atoms with Crippen molar-refractivity contribution < 1.29 is 23.6 Å². The number of pyridine rings is 1. The molecule has 30 heavy (non-hydrogen) atoms. The summed E-state index contributed by atoms with van der Waals surface area (Å²) in [5.74, 6) is 0.254. The van der Waals surface area contributed by atoms with Gasteiger partial charge in [0.2, 0.25) is 5.91 Å². The highest BCUT2D eigenvalue weighted by Gasteiger charge is 2.33. The molecule has 1 atom stereocenters. The Balaban J connectivity index is 1.78. The fraction of sp³-hybridized carbons (Fsp3) is 0.524. The van der Waals surface area contributed by atoms with Gasteiger partial charge in [-0.2, -0.15) is 0 Å². The Morgan fingerprint density at radius 2 is 2.17 bits per heavy atom. The van der Waals surface area contributed by atoms with E-state index in [0.717, 1.165) is 18.4 Å². The molecule has 3 heterocycles. The lowest BCUT2D eigenvalue weighted by Crippen LogP contribution is -2.52. The molecule has 2 amide bonds. The van der Waals surface area contributed by atoms with E-state index in [1.807, 2.05) is 12.1 Å². The van der Waals surface area contributed by atoms with Crippen molar-refractivity contribution in [3.63, 3.8) is 0 Å². The van der Waals surface area contributed by atoms with Crippen LogP contribution in [0.3, 0.4) is 0 Å². The van der Waals surface area contributed by atoms with E-state index in [2.05, 4.69) is 10.1 Å². The molecule has 162 valence electrons. The average Bonchev–Trinajstić information content (AvgIpc) is 3.13. The summed E-state index contributed by atoms with van der Waals surface area (Å²) in [6.07, 6.45) is 5.04. The molecule has 1 fully saturated rings. The van der Waals surface area contributed by atoms with Crippen LogP contribution in [0.2, 0.25) is 0 Å². The van der Waals surface area contributed by atoms with Crippen LogP contribution in [0.4, 0.5) is 0 Å². The van der Waals surface area contributed by atoms with Crippen LogP contribution in [-0.2, 0) is 27.4 Å². The number of rotatable bonds is 8. The van der Waals surface area contributed by atoms with E-state index in [0.29, 0.717) is 31.0 Å². The first kappa shape index (κ1) is 21.9. The van der Waals surface area contributed by atoms with Gasteiger partial charge < -0.3 is 23.8 Å². The monoisotopic (exact) mass is 416 g/mol. The Kier molecular flexibility index (Phi) is 7.53. The minimum atomic E-state index is -0.205. The van der Waals surface area contributed by atoms with E-state index in [1.165, 1.54) is 7.11 Å². The molecule has 9 nitrogen and oxygen atoms in total. The number of ether oxygens (including phenoxy) is 2. The van der Waals surface area contributed by atoms with Crippen molar-refractivity contribution in [2.45, 2.75) is 39.0 Å². The van der Waals surface area contributed by atoms with Gasteiger partial charge >= 0.3 is 0 Å². The van der Waals surface area contributed by atoms with E-state index >= 15 is 0 Å². The molecular formula is C21H28N4O5. The van der Waals surface area contributed by atoms with Crippen LogP contribution in [0.5, 0.6) is 0 Å². The first-order chi connectivity index (χ1) is 14.5. The molecule has 0 spiro atoms. The molecule has 0 aromatic carbocycles. The summed E-state index contributed by atoms with van der Waals surface area (Å²) in [7, 11) is 3.07. The SMILES string of the molecule is COCC(=O)N(Cc1cccnc1)C1CCCN(C(=O)c2noc(C)c2COC)C1. The van der Waals surface area contributed by atoms with Crippen molar-refractivity contribution in [1.82, 2.24) is 19.9 Å². The number of piperidine rings is 1. The normalized spacial score (nSPS) is 16.5. The maximum Gasteiger partial charge on any atom is 0.276 e. The molecule has 0 N–H and O–H groups in total. The highest BCUT2D eigenvalue weighted by Crippen LogP contribution is 2.22. The van der Waals surface area contributed by atoms with Crippen molar-refractivity contribution in [3.05, 3.63) is 47.1 Å². The van der Waals surface area contributed by atoms with Crippen molar-refractivity contribution in [2.24, 2.45) is 0 Å². The molecule has 2 aromatic heterocycles. The quantitative estimate of drug-likeness (QED) is 0.647. The molecule has 9 heteroatoms. The van der Waals surface area contributed by atoms with Crippen LogP contribution in [0.25, 0.3) is 0 Å². The van der Waals surface area contributed by atoms with Crippen LogP contribution in [0.15, 0.2) is 29.0 Å². The maximum absolute atomic E-state index is 13.1. The van der Waals surface area contributed by atoms with Crippen molar-refractivity contribution in [1.29, 1.82) is 0 Å². The van der Waals surface area contributed by atoms with E-state index in [1.54, 1.807) is 36.2 Å². The zero-order chi connectivity index (χ0) is 21.5. The zero-order valence-electron chi connectivity index (χ0n) is 17.7. The third kappa shape index (κ3) is 5.03. The molecule has 1 unspecified atom stereocenters. The molecule has 1 saturated heterocycles. The van der Waals surface area contributed by atoms with E-state index in [-0.39, 0.29) is 36.8 Å². The maximum atomic E-state index is 13.1. The topological polar surface area (TPSA) is 98.0 Å². The summed E-state index contributed by atoms with van der Waals surface area (Å²) in [6, 6.07) is 3.65.